The van der Waals surface area contributed by atoms with E-state index in [9.17, 15) is 4.39 Å². The van der Waals surface area contributed by atoms with Gasteiger partial charge in [-0.25, -0.2) is 4.39 Å². The van der Waals surface area contributed by atoms with Gasteiger partial charge in [0.2, 0.25) is 0 Å². The fourth-order valence-electron chi connectivity index (χ4n) is 3.93. The number of likely N-dealkylation sites (N-methyl/N-ethyl adjacent to an activating group) is 1. The van der Waals surface area contributed by atoms with Crippen molar-refractivity contribution in [2.24, 2.45) is 12.0 Å². The summed E-state index contributed by atoms with van der Waals surface area (Å²) in [6.07, 6.45) is 3.94. The van der Waals surface area contributed by atoms with Gasteiger partial charge in [0.1, 0.15) is 5.82 Å². The zero-order valence-electron chi connectivity index (χ0n) is 20.0. The van der Waals surface area contributed by atoms with Crippen LogP contribution in [0.4, 0.5) is 4.39 Å². The van der Waals surface area contributed by atoms with Crippen LogP contribution in [0, 0.1) is 5.82 Å². The van der Waals surface area contributed by atoms with E-state index < -0.39 is 0 Å². The van der Waals surface area contributed by atoms with Gasteiger partial charge in [0.05, 0.1) is 38.0 Å². The number of nitrogens with zero attached hydrogens (tertiary/aromatic N) is 5. The van der Waals surface area contributed by atoms with Crippen molar-refractivity contribution >= 4 is 29.9 Å². The Morgan fingerprint density at radius 1 is 1.18 bits per heavy atom. The van der Waals surface area contributed by atoms with Crippen molar-refractivity contribution in [1.29, 1.82) is 0 Å². The van der Waals surface area contributed by atoms with Gasteiger partial charge in [-0.05, 0) is 38.7 Å². The van der Waals surface area contributed by atoms with Gasteiger partial charge in [0, 0.05) is 45.0 Å². The largest absolute Gasteiger partial charge is 0.379 e. The molecule has 2 heterocycles. The SMILES string of the molecule is CCNC(=NCC(c1ccc(F)cc1)N1CCOCC1)NCC(c1cnn(C)c1)N(C)C.I. The number of hydrogen-bond donors (Lipinski definition) is 2. The highest BCUT2D eigenvalue weighted by Crippen LogP contribution is 2.23. The van der Waals surface area contributed by atoms with Crippen molar-refractivity contribution in [3.63, 3.8) is 0 Å². The smallest absolute Gasteiger partial charge is 0.191 e. The molecule has 3 rings (SSSR count). The molecule has 1 fully saturated rings. The Morgan fingerprint density at radius 2 is 1.88 bits per heavy atom. The molecule has 1 aromatic carbocycles. The third-order valence-corrected chi connectivity index (χ3v) is 5.70. The van der Waals surface area contributed by atoms with Crippen LogP contribution < -0.4 is 10.6 Å². The van der Waals surface area contributed by atoms with E-state index in [0.717, 1.165) is 36.7 Å². The minimum atomic E-state index is -0.224. The fourth-order valence-corrected chi connectivity index (χ4v) is 3.93. The minimum absolute atomic E-state index is 0. The Labute approximate surface area is 213 Å². The molecule has 0 amide bonds. The predicted molar refractivity (Wildman–Crippen MR) is 141 cm³/mol. The highest BCUT2D eigenvalue weighted by molar-refractivity contribution is 14.0. The van der Waals surface area contributed by atoms with Crippen LogP contribution in [0.1, 0.15) is 30.1 Å². The molecule has 2 unspecified atom stereocenters. The quantitative estimate of drug-likeness (QED) is 0.273. The monoisotopic (exact) mass is 573 g/mol. The van der Waals surface area contributed by atoms with Gasteiger partial charge < -0.3 is 20.3 Å². The van der Waals surface area contributed by atoms with Crippen LogP contribution in [0.15, 0.2) is 41.7 Å². The number of aliphatic imine (C=N–C) groups is 1. The maximum Gasteiger partial charge on any atom is 0.191 e. The van der Waals surface area contributed by atoms with Gasteiger partial charge >= 0.3 is 0 Å². The van der Waals surface area contributed by atoms with Crippen LogP contribution in [-0.4, -0.2) is 85.6 Å². The van der Waals surface area contributed by atoms with E-state index in [1.54, 1.807) is 0 Å². The molecule has 1 aromatic heterocycles. The number of nitrogens with one attached hydrogen (secondary N) is 2. The molecule has 33 heavy (non-hydrogen) atoms. The molecule has 184 valence electrons. The zero-order chi connectivity index (χ0) is 22.9. The minimum Gasteiger partial charge on any atom is -0.379 e. The summed E-state index contributed by atoms with van der Waals surface area (Å²) in [5, 5.41) is 11.1. The normalized spacial score (nSPS) is 16.8. The van der Waals surface area contributed by atoms with Gasteiger partial charge in [0.15, 0.2) is 5.96 Å². The van der Waals surface area contributed by atoms with Crippen molar-refractivity contribution in [3.8, 4) is 0 Å². The first-order valence-electron chi connectivity index (χ1n) is 11.2. The fraction of sp³-hybridized carbons (Fsp3) is 0.565. The summed E-state index contributed by atoms with van der Waals surface area (Å²) >= 11 is 0. The van der Waals surface area contributed by atoms with Gasteiger partial charge in [-0.2, -0.15) is 5.10 Å². The van der Waals surface area contributed by atoms with Gasteiger partial charge in [-0.1, -0.05) is 12.1 Å². The molecular weight excluding hydrogens is 536 g/mol. The third-order valence-electron chi connectivity index (χ3n) is 5.70. The summed E-state index contributed by atoms with van der Waals surface area (Å²) in [5.41, 5.74) is 2.22. The number of halogens is 2. The lowest BCUT2D eigenvalue weighted by atomic mass is 10.0. The number of guanidine groups is 1. The van der Waals surface area contributed by atoms with E-state index in [2.05, 4.69) is 46.6 Å². The molecule has 0 aliphatic carbocycles. The van der Waals surface area contributed by atoms with Crippen molar-refractivity contribution in [3.05, 3.63) is 53.6 Å². The molecule has 1 aliphatic heterocycles. The van der Waals surface area contributed by atoms with Crippen molar-refractivity contribution < 1.29 is 9.13 Å². The first-order valence-corrected chi connectivity index (χ1v) is 11.2. The van der Waals surface area contributed by atoms with Crippen LogP contribution in [0.25, 0.3) is 0 Å². The maximum atomic E-state index is 13.5. The number of hydrogen-bond acceptors (Lipinski definition) is 5. The average Bonchev–Trinajstić information content (AvgIpc) is 3.21. The number of ether oxygens (including phenoxy) is 1. The highest BCUT2D eigenvalue weighted by Gasteiger charge is 2.23. The van der Waals surface area contributed by atoms with E-state index in [0.29, 0.717) is 26.3 Å². The molecular formula is C23H37FIN7O. The third kappa shape index (κ3) is 8.20. The lowest BCUT2D eigenvalue weighted by molar-refractivity contribution is 0.0179. The van der Waals surface area contributed by atoms with Gasteiger partial charge in [0.25, 0.3) is 0 Å². The Kier molecular flexibility index (Phi) is 11.5. The first kappa shape index (κ1) is 27.5. The second kappa shape index (κ2) is 13.8. The van der Waals surface area contributed by atoms with Crippen molar-refractivity contribution in [2.45, 2.75) is 19.0 Å². The van der Waals surface area contributed by atoms with Crippen LogP contribution in [0.2, 0.25) is 0 Å². The number of aryl methyl sites for hydroxylation is 1. The summed E-state index contributed by atoms with van der Waals surface area (Å²) < 4.78 is 20.8. The molecule has 2 N–H and O–H groups in total. The molecule has 10 heteroatoms. The standard InChI is InChI=1S/C23H36FN7O.HI/c1-5-25-23(26-15-21(29(2)3)19-14-28-30(4)17-19)27-16-22(31-10-12-32-13-11-31)18-6-8-20(24)9-7-18;/h6-9,14,17,21-22H,5,10-13,15-16H2,1-4H3,(H2,25,26,27);1H. The molecule has 2 aromatic rings. The van der Waals surface area contributed by atoms with Crippen LogP contribution in [0.5, 0.6) is 0 Å². The average molecular weight is 573 g/mol. The molecule has 1 saturated heterocycles. The van der Waals surface area contributed by atoms with Crippen LogP contribution in [-0.2, 0) is 11.8 Å². The second-order valence-corrected chi connectivity index (χ2v) is 8.24. The van der Waals surface area contributed by atoms with E-state index in [1.807, 2.05) is 36.3 Å². The predicted octanol–water partition coefficient (Wildman–Crippen LogP) is 2.41. The summed E-state index contributed by atoms with van der Waals surface area (Å²) in [6, 6.07) is 6.99. The number of rotatable bonds is 9. The lowest BCUT2D eigenvalue weighted by Gasteiger charge is -2.34. The number of benzene rings is 1. The van der Waals surface area contributed by atoms with Gasteiger partial charge in [-0.15, -0.1) is 24.0 Å². The van der Waals surface area contributed by atoms with Crippen molar-refractivity contribution in [2.75, 3.05) is 60.0 Å². The molecule has 1 aliphatic rings. The topological polar surface area (TPSA) is 70.0 Å². The first-order chi connectivity index (χ1) is 15.5. The summed E-state index contributed by atoms with van der Waals surface area (Å²) in [4.78, 5) is 9.43. The highest BCUT2D eigenvalue weighted by atomic mass is 127. The summed E-state index contributed by atoms with van der Waals surface area (Å²) in [5.74, 6) is 0.543. The van der Waals surface area contributed by atoms with Gasteiger partial charge in [-0.3, -0.25) is 14.6 Å². The van der Waals surface area contributed by atoms with E-state index in [-0.39, 0.29) is 41.9 Å². The zero-order valence-corrected chi connectivity index (χ0v) is 22.3. The molecule has 8 nitrogen and oxygen atoms in total. The summed E-state index contributed by atoms with van der Waals surface area (Å²) in [6.45, 7) is 7.18. The molecule has 0 bridgehead atoms. The Bertz CT molecular complexity index is 853. The molecule has 0 spiro atoms. The number of aromatic nitrogens is 2. The van der Waals surface area contributed by atoms with Crippen LogP contribution in [0.3, 0.4) is 0 Å². The Morgan fingerprint density at radius 3 is 2.45 bits per heavy atom. The van der Waals surface area contributed by atoms with E-state index in [4.69, 9.17) is 9.73 Å². The lowest BCUT2D eigenvalue weighted by Crippen LogP contribution is -2.43. The Balaban J connectivity index is 0.00000385. The van der Waals surface area contributed by atoms with Crippen molar-refractivity contribution in [1.82, 2.24) is 30.2 Å². The van der Waals surface area contributed by atoms with E-state index in [1.165, 1.54) is 12.1 Å². The molecule has 0 radical (unpaired) electrons. The Hall–Kier alpha value is -1.76. The number of morpholine rings is 1. The van der Waals surface area contributed by atoms with Crippen LogP contribution >= 0.6 is 24.0 Å². The van der Waals surface area contributed by atoms with E-state index >= 15 is 0 Å². The second-order valence-electron chi connectivity index (χ2n) is 8.24. The maximum absolute atomic E-state index is 13.5. The molecule has 2 atom stereocenters. The molecule has 0 saturated carbocycles. The summed E-state index contributed by atoms with van der Waals surface area (Å²) in [7, 11) is 6.05.